The standard InChI is InChI=1S/C20H22ClNO4/c1-24-18-11-13(10-17(21)19(18)25-2)20(23)22-14-6-5-9-16(12-14)26-15-7-3-4-8-15/h5-6,9-12,15H,3-4,7-8H2,1-2H3,(H,22,23). The largest absolute Gasteiger partial charge is 0.493 e. The molecule has 1 aliphatic carbocycles. The number of benzene rings is 2. The lowest BCUT2D eigenvalue weighted by atomic mass is 10.1. The molecule has 3 rings (SSSR count). The molecule has 1 fully saturated rings. The molecule has 0 saturated heterocycles. The fraction of sp³-hybridized carbons (Fsp3) is 0.350. The van der Waals surface area contributed by atoms with E-state index in [2.05, 4.69) is 5.32 Å². The van der Waals surface area contributed by atoms with Gasteiger partial charge in [-0.2, -0.15) is 0 Å². The van der Waals surface area contributed by atoms with Gasteiger partial charge in [0.25, 0.3) is 5.91 Å². The maximum absolute atomic E-state index is 12.6. The van der Waals surface area contributed by atoms with Crippen molar-refractivity contribution < 1.29 is 19.0 Å². The molecule has 1 amide bonds. The van der Waals surface area contributed by atoms with Gasteiger partial charge in [-0.25, -0.2) is 0 Å². The minimum absolute atomic E-state index is 0.269. The average molecular weight is 376 g/mol. The van der Waals surface area contributed by atoms with Crippen molar-refractivity contribution in [2.75, 3.05) is 19.5 Å². The minimum Gasteiger partial charge on any atom is -0.493 e. The van der Waals surface area contributed by atoms with E-state index in [0.717, 1.165) is 18.6 Å². The van der Waals surface area contributed by atoms with Crippen LogP contribution in [0.3, 0.4) is 0 Å². The van der Waals surface area contributed by atoms with Gasteiger partial charge in [-0.1, -0.05) is 17.7 Å². The lowest BCUT2D eigenvalue weighted by molar-refractivity contribution is 0.102. The van der Waals surface area contributed by atoms with Gasteiger partial charge in [0, 0.05) is 17.3 Å². The summed E-state index contributed by atoms with van der Waals surface area (Å²) in [7, 11) is 3.00. The third kappa shape index (κ3) is 4.22. The first-order valence-electron chi connectivity index (χ1n) is 8.60. The lowest BCUT2D eigenvalue weighted by Gasteiger charge is -2.15. The van der Waals surface area contributed by atoms with E-state index in [9.17, 15) is 4.79 Å². The Balaban J connectivity index is 1.74. The van der Waals surface area contributed by atoms with E-state index in [1.807, 2.05) is 24.3 Å². The zero-order valence-corrected chi connectivity index (χ0v) is 15.6. The van der Waals surface area contributed by atoms with Crippen LogP contribution in [0.5, 0.6) is 17.2 Å². The number of rotatable bonds is 6. The molecule has 0 unspecified atom stereocenters. The molecule has 1 saturated carbocycles. The van der Waals surface area contributed by atoms with E-state index >= 15 is 0 Å². The molecule has 1 aliphatic rings. The first kappa shape index (κ1) is 18.4. The van der Waals surface area contributed by atoms with Gasteiger partial charge in [-0.15, -0.1) is 0 Å². The molecule has 0 atom stereocenters. The number of amides is 1. The Morgan fingerprint density at radius 2 is 1.88 bits per heavy atom. The second-order valence-electron chi connectivity index (χ2n) is 6.20. The Labute approximate surface area is 158 Å². The molecule has 2 aromatic carbocycles. The van der Waals surface area contributed by atoms with Gasteiger partial charge in [0.2, 0.25) is 0 Å². The average Bonchev–Trinajstić information content (AvgIpc) is 3.14. The first-order chi connectivity index (χ1) is 12.6. The monoisotopic (exact) mass is 375 g/mol. The maximum atomic E-state index is 12.6. The summed E-state index contributed by atoms with van der Waals surface area (Å²) in [6.07, 6.45) is 4.86. The molecule has 138 valence electrons. The van der Waals surface area contributed by atoms with Crippen LogP contribution in [0.4, 0.5) is 5.69 Å². The Morgan fingerprint density at radius 3 is 2.58 bits per heavy atom. The zero-order valence-electron chi connectivity index (χ0n) is 14.9. The Morgan fingerprint density at radius 1 is 1.12 bits per heavy atom. The van der Waals surface area contributed by atoms with Crippen LogP contribution < -0.4 is 19.5 Å². The van der Waals surface area contributed by atoms with Crippen molar-refractivity contribution in [1.29, 1.82) is 0 Å². The predicted molar refractivity (Wildman–Crippen MR) is 102 cm³/mol. The highest BCUT2D eigenvalue weighted by Gasteiger charge is 2.18. The zero-order chi connectivity index (χ0) is 18.5. The number of hydrogen-bond donors (Lipinski definition) is 1. The number of hydrogen-bond acceptors (Lipinski definition) is 4. The number of nitrogens with one attached hydrogen (secondary N) is 1. The molecular weight excluding hydrogens is 354 g/mol. The van der Waals surface area contributed by atoms with E-state index in [1.165, 1.54) is 27.1 Å². The molecular formula is C20H22ClNO4. The summed E-state index contributed by atoms with van der Waals surface area (Å²) in [4.78, 5) is 12.6. The van der Waals surface area contributed by atoms with Crippen LogP contribution in [0, 0.1) is 0 Å². The van der Waals surface area contributed by atoms with Gasteiger partial charge in [0.1, 0.15) is 5.75 Å². The lowest BCUT2D eigenvalue weighted by Crippen LogP contribution is -2.13. The summed E-state index contributed by atoms with van der Waals surface area (Å²) in [5, 5.41) is 3.18. The second kappa shape index (κ2) is 8.32. The molecule has 0 radical (unpaired) electrons. The quantitative estimate of drug-likeness (QED) is 0.777. The predicted octanol–water partition coefficient (Wildman–Crippen LogP) is 4.93. The third-order valence-corrected chi connectivity index (χ3v) is 4.67. The molecule has 0 spiro atoms. The van der Waals surface area contributed by atoms with Crippen LogP contribution in [0.25, 0.3) is 0 Å². The van der Waals surface area contributed by atoms with Gasteiger partial charge in [0.05, 0.1) is 25.3 Å². The minimum atomic E-state index is -0.286. The van der Waals surface area contributed by atoms with E-state index in [4.69, 9.17) is 25.8 Å². The van der Waals surface area contributed by atoms with E-state index in [-0.39, 0.29) is 12.0 Å². The fourth-order valence-corrected chi connectivity index (χ4v) is 3.39. The van der Waals surface area contributed by atoms with Crippen molar-refractivity contribution in [1.82, 2.24) is 0 Å². The van der Waals surface area contributed by atoms with Crippen molar-refractivity contribution >= 4 is 23.2 Å². The second-order valence-corrected chi connectivity index (χ2v) is 6.61. The van der Waals surface area contributed by atoms with Gasteiger partial charge < -0.3 is 19.5 Å². The third-order valence-electron chi connectivity index (χ3n) is 4.39. The van der Waals surface area contributed by atoms with Crippen molar-refractivity contribution in [3.63, 3.8) is 0 Å². The maximum Gasteiger partial charge on any atom is 0.255 e. The molecule has 5 nitrogen and oxygen atoms in total. The molecule has 1 N–H and O–H groups in total. The summed E-state index contributed by atoms with van der Waals surface area (Å²) in [6, 6.07) is 10.6. The number of anilines is 1. The van der Waals surface area contributed by atoms with Gasteiger partial charge in [-0.05, 0) is 49.9 Å². The van der Waals surface area contributed by atoms with E-state index in [0.29, 0.717) is 27.8 Å². The molecule has 2 aromatic rings. The van der Waals surface area contributed by atoms with Crippen LogP contribution >= 0.6 is 11.6 Å². The molecule has 0 bridgehead atoms. The van der Waals surface area contributed by atoms with Crippen molar-refractivity contribution in [2.24, 2.45) is 0 Å². The summed E-state index contributed by atoms with van der Waals surface area (Å²) in [6.45, 7) is 0. The number of ether oxygens (including phenoxy) is 3. The molecule has 0 aromatic heterocycles. The van der Waals surface area contributed by atoms with E-state index < -0.39 is 0 Å². The topological polar surface area (TPSA) is 56.8 Å². The molecule has 0 aliphatic heterocycles. The molecule has 6 heteroatoms. The Hall–Kier alpha value is -2.40. The van der Waals surface area contributed by atoms with Crippen LogP contribution in [-0.4, -0.2) is 26.2 Å². The highest BCUT2D eigenvalue weighted by molar-refractivity contribution is 6.32. The van der Waals surface area contributed by atoms with Gasteiger partial charge in [-0.3, -0.25) is 4.79 Å². The number of carbonyl (C=O) groups is 1. The van der Waals surface area contributed by atoms with Crippen LogP contribution in [0.1, 0.15) is 36.0 Å². The highest BCUT2D eigenvalue weighted by Crippen LogP contribution is 2.36. The van der Waals surface area contributed by atoms with E-state index in [1.54, 1.807) is 12.1 Å². The Bertz CT molecular complexity index is 787. The summed E-state index contributed by atoms with van der Waals surface area (Å²) in [5.41, 5.74) is 1.05. The summed E-state index contributed by atoms with van der Waals surface area (Å²) in [5.74, 6) is 1.28. The highest BCUT2D eigenvalue weighted by atomic mass is 35.5. The number of carbonyl (C=O) groups excluding carboxylic acids is 1. The van der Waals surface area contributed by atoms with Crippen molar-refractivity contribution in [3.8, 4) is 17.2 Å². The normalized spacial score (nSPS) is 14.1. The Kier molecular flexibility index (Phi) is 5.89. The molecule has 0 heterocycles. The number of methoxy groups -OCH3 is 2. The molecule has 26 heavy (non-hydrogen) atoms. The van der Waals surface area contributed by atoms with Gasteiger partial charge >= 0.3 is 0 Å². The smallest absolute Gasteiger partial charge is 0.255 e. The number of halogens is 1. The first-order valence-corrected chi connectivity index (χ1v) is 8.98. The SMILES string of the molecule is COc1cc(C(=O)Nc2cccc(OC3CCCC3)c2)cc(Cl)c1OC. The van der Waals surface area contributed by atoms with Crippen LogP contribution in [0.15, 0.2) is 36.4 Å². The van der Waals surface area contributed by atoms with Crippen molar-refractivity contribution in [3.05, 3.63) is 47.0 Å². The van der Waals surface area contributed by atoms with Gasteiger partial charge in [0.15, 0.2) is 11.5 Å². The fourth-order valence-electron chi connectivity index (χ4n) is 3.10. The van der Waals surface area contributed by atoms with Crippen LogP contribution in [-0.2, 0) is 0 Å². The summed E-state index contributed by atoms with van der Waals surface area (Å²) >= 11 is 6.18. The summed E-state index contributed by atoms with van der Waals surface area (Å²) < 4.78 is 16.4. The van der Waals surface area contributed by atoms with Crippen molar-refractivity contribution in [2.45, 2.75) is 31.8 Å². The van der Waals surface area contributed by atoms with Crippen LogP contribution in [0.2, 0.25) is 5.02 Å².